The van der Waals surface area contributed by atoms with Crippen molar-refractivity contribution in [2.24, 2.45) is 0 Å². The number of nitrogens with one attached hydrogen (secondary N) is 1. The summed E-state index contributed by atoms with van der Waals surface area (Å²) in [5.74, 6) is 0.0395. The fraction of sp³-hybridized carbons (Fsp3) is 0.944. The molecule has 162 valence electrons. The molecule has 1 N–H and O–H groups in total. The van der Waals surface area contributed by atoms with Crippen molar-refractivity contribution >= 4 is 17.8 Å². The normalized spacial score (nSPS) is 12.4. The van der Waals surface area contributed by atoms with E-state index < -0.39 is 0 Å². The van der Waals surface area contributed by atoms with Crippen molar-refractivity contribution in [2.45, 2.75) is 26.3 Å². The third kappa shape index (κ3) is 20.3. The van der Waals surface area contributed by atoms with Crippen LogP contribution in [0, 0.1) is 0 Å². The Bertz CT molecular complexity index is 324. The predicted molar refractivity (Wildman–Crippen MR) is 106 cm³/mol. The summed E-state index contributed by atoms with van der Waals surface area (Å²) in [6.45, 7) is 10.1. The van der Waals surface area contributed by atoms with Crippen LogP contribution in [0.3, 0.4) is 0 Å². The van der Waals surface area contributed by atoms with Crippen molar-refractivity contribution < 1.29 is 32.7 Å². The summed E-state index contributed by atoms with van der Waals surface area (Å²) in [7, 11) is 0. The molecule has 0 aliphatic carbocycles. The Morgan fingerprint density at radius 3 is 1.96 bits per heavy atom. The third-order valence-corrected chi connectivity index (χ3v) is 3.79. The zero-order chi connectivity index (χ0) is 20.0. The van der Waals surface area contributed by atoms with Crippen LogP contribution in [0.5, 0.6) is 0 Å². The number of ketones is 1. The number of hydrogen-bond donors (Lipinski definition) is 1. The average Bonchev–Trinajstić information content (AvgIpc) is 2.67. The van der Waals surface area contributed by atoms with Crippen LogP contribution >= 0.6 is 12.0 Å². The van der Waals surface area contributed by atoms with Crippen molar-refractivity contribution in [1.29, 1.82) is 0 Å². The smallest absolute Gasteiger partial charge is 0.174 e. The van der Waals surface area contributed by atoms with E-state index in [0.29, 0.717) is 59.5 Å². The molecule has 0 spiro atoms. The number of rotatable bonds is 22. The van der Waals surface area contributed by atoms with Gasteiger partial charge >= 0.3 is 0 Å². The van der Waals surface area contributed by atoms with Crippen molar-refractivity contribution in [2.75, 3.05) is 85.5 Å². The van der Waals surface area contributed by atoms with E-state index in [1.165, 1.54) is 12.0 Å². The lowest BCUT2D eigenvalue weighted by Crippen LogP contribution is -2.37. The first kappa shape index (κ1) is 26.7. The Kier molecular flexibility index (Phi) is 21.8. The Labute approximate surface area is 168 Å². The molecule has 1 unspecified atom stereocenters. The summed E-state index contributed by atoms with van der Waals surface area (Å²) < 4.78 is 31.7. The summed E-state index contributed by atoms with van der Waals surface area (Å²) in [6, 6.07) is -0.213. The van der Waals surface area contributed by atoms with Crippen LogP contribution in [0.1, 0.15) is 20.3 Å². The SMILES string of the molecule is CCOCCCNC(C)C(=O)COCCOCCOCCOCCOSC. The van der Waals surface area contributed by atoms with Crippen LogP contribution in [0.2, 0.25) is 0 Å². The minimum atomic E-state index is -0.213. The van der Waals surface area contributed by atoms with Gasteiger partial charge in [0.25, 0.3) is 0 Å². The van der Waals surface area contributed by atoms with Crippen molar-refractivity contribution in [1.82, 2.24) is 5.32 Å². The molecule has 0 radical (unpaired) electrons. The fourth-order valence-electron chi connectivity index (χ4n) is 1.88. The number of Topliss-reactive ketones (excluding diaryl/α,β-unsaturated/α-hetero) is 1. The minimum absolute atomic E-state index is 0.0395. The molecule has 0 aromatic rings. The first-order valence-corrected chi connectivity index (χ1v) is 10.7. The van der Waals surface area contributed by atoms with E-state index in [9.17, 15) is 4.79 Å². The van der Waals surface area contributed by atoms with Crippen molar-refractivity contribution in [3.63, 3.8) is 0 Å². The van der Waals surface area contributed by atoms with E-state index in [1.807, 2.05) is 20.1 Å². The third-order valence-electron chi connectivity index (χ3n) is 3.39. The van der Waals surface area contributed by atoms with Crippen LogP contribution in [0.15, 0.2) is 0 Å². The van der Waals surface area contributed by atoms with Gasteiger partial charge in [0.1, 0.15) is 6.61 Å². The maximum absolute atomic E-state index is 11.9. The van der Waals surface area contributed by atoms with Crippen LogP contribution in [-0.4, -0.2) is 97.3 Å². The fourth-order valence-corrected chi connectivity index (χ4v) is 2.12. The molecule has 0 saturated carbocycles. The highest BCUT2D eigenvalue weighted by Crippen LogP contribution is 1.93. The molecule has 0 aliphatic rings. The van der Waals surface area contributed by atoms with Gasteiger partial charge in [-0.15, -0.1) is 0 Å². The molecule has 27 heavy (non-hydrogen) atoms. The molecule has 1 atom stereocenters. The first-order valence-electron chi connectivity index (χ1n) is 9.52. The molecule has 0 fully saturated rings. The molecule has 0 amide bonds. The number of carbonyl (C=O) groups excluding carboxylic acids is 1. The van der Waals surface area contributed by atoms with Gasteiger partial charge in [0.2, 0.25) is 0 Å². The zero-order valence-electron chi connectivity index (χ0n) is 17.0. The summed E-state index contributed by atoms with van der Waals surface area (Å²) >= 11 is 1.33. The topological polar surface area (TPSA) is 84.5 Å². The van der Waals surface area contributed by atoms with E-state index in [2.05, 4.69) is 5.32 Å². The van der Waals surface area contributed by atoms with Crippen LogP contribution in [0.25, 0.3) is 0 Å². The Balaban J connectivity index is 3.25. The molecule has 0 aliphatic heterocycles. The van der Waals surface area contributed by atoms with E-state index in [1.54, 1.807) is 0 Å². The van der Waals surface area contributed by atoms with E-state index in [4.69, 9.17) is 27.9 Å². The van der Waals surface area contributed by atoms with Gasteiger partial charge in [-0.2, -0.15) is 0 Å². The summed E-state index contributed by atoms with van der Waals surface area (Å²) in [5, 5.41) is 3.17. The minimum Gasteiger partial charge on any atom is -0.382 e. The Hall–Kier alpha value is -0.260. The molecule has 0 saturated heterocycles. The number of carbonyl (C=O) groups is 1. The van der Waals surface area contributed by atoms with Gasteiger partial charge in [-0.05, 0) is 38.9 Å². The largest absolute Gasteiger partial charge is 0.382 e. The predicted octanol–water partition coefficient (Wildman–Crippen LogP) is 1.32. The highest BCUT2D eigenvalue weighted by Gasteiger charge is 2.11. The molecule has 0 aromatic carbocycles. The quantitative estimate of drug-likeness (QED) is 0.209. The molecular formula is C18H37NO7S. The maximum Gasteiger partial charge on any atom is 0.174 e. The Morgan fingerprint density at radius 2 is 1.41 bits per heavy atom. The van der Waals surface area contributed by atoms with Gasteiger partial charge in [0.05, 0.1) is 58.9 Å². The molecule has 0 rings (SSSR count). The first-order chi connectivity index (χ1) is 13.2. The number of hydrogen-bond acceptors (Lipinski definition) is 9. The maximum atomic E-state index is 11.9. The average molecular weight is 412 g/mol. The molecule has 0 aromatic heterocycles. The lowest BCUT2D eigenvalue weighted by molar-refractivity contribution is -0.125. The standard InChI is InChI=1S/C18H37NO7S/c1-4-21-7-5-6-19-17(2)18(20)16-25-13-12-23-9-8-22-10-11-24-14-15-26-27-3/h17,19H,4-16H2,1-3H3. The van der Waals surface area contributed by atoms with Gasteiger partial charge in [0.15, 0.2) is 5.78 Å². The van der Waals surface area contributed by atoms with Crippen LogP contribution in [0.4, 0.5) is 0 Å². The van der Waals surface area contributed by atoms with E-state index >= 15 is 0 Å². The second-order valence-corrected chi connectivity index (χ2v) is 6.14. The van der Waals surface area contributed by atoms with Gasteiger partial charge in [-0.25, -0.2) is 0 Å². The lowest BCUT2D eigenvalue weighted by Gasteiger charge is -2.13. The molecule has 8 nitrogen and oxygen atoms in total. The van der Waals surface area contributed by atoms with E-state index in [0.717, 1.165) is 19.6 Å². The summed E-state index contributed by atoms with van der Waals surface area (Å²) in [6.07, 6.45) is 2.76. The van der Waals surface area contributed by atoms with Crippen molar-refractivity contribution in [3.05, 3.63) is 0 Å². The highest BCUT2D eigenvalue weighted by molar-refractivity contribution is 7.93. The second-order valence-electron chi connectivity index (χ2n) is 5.57. The monoisotopic (exact) mass is 411 g/mol. The summed E-state index contributed by atoms with van der Waals surface area (Å²) in [5.41, 5.74) is 0. The summed E-state index contributed by atoms with van der Waals surface area (Å²) in [4.78, 5) is 11.9. The molecule has 0 heterocycles. The van der Waals surface area contributed by atoms with Crippen LogP contribution in [-0.2, 0) is 32.7 Å². The zero-order valence-corrected chi connectivity index (χ0v) is 17.9. The van der Waals surface area contributed by atoms with Gasteiger partial charge in [-0.3, -0.25) is 4.79 Å². The van der Waals surface area contributed by atoms with Gasteiger partial charge < -0.3 is 33.2 Å². The van der Waals surface area contributed by atoms with Gasteiger partial charge in [0, 0.05) is 19.5 Å². The molecule has 9 heteroatoms. The Morgan fingerprint density at radius 1 is 0.852 bits per heavy atom. The molecular weight excluding hydrogens is 374 g/mol. The highest BCUT2D eigenvalue weighted by atomic mass is 32.2. The second kappa shape index (κ2) is 22.0. The van der Waals surface area contributed by atoms with Crippen LogP contribution < -0.4 is 5.32 Å². The van der Waals surface area contributed by atoms with Gasteiger partial charge in [-0.1, -0.05) is 0 Å². The molecule has 0 bridgehead atoms. The van der Waals surface area contributed by atoms with E-state index in [-0.39, 0.29) is 18.4 Å². The van der Waals surface area contributed by atoms with Crippen molar-refractivity contribution in [3.8, 4) is 0 Å². The number of ether oxygens (including phenoxy) is 5. The lowest BCUT2D eigenvalue weighted by atomic mass is 10.2.